The van der Waals surface area contributed by atoms with Gasteiger partial charge in [-0.2, -0.15) is 0 Å². The van der Waals surface area contributed by atoms with Gasteiger partial charge in [0.15, 0.2) is 0 Å². The van der Waals surface area contributed by atoms with Crippen LogP contribution in [0.5, 0.6) is 0 Å². The summed E-state index contributed by atoms with van der Waals surface area (Å²) in [7, 11) is 1.88. The lowest BCUT2D eigenvalue weighted by molar-refractivity contribution is -0.138. The number of hydrogen-bond donors (Lipinski definition) is 2. The number of aliphatic carboxylic acids is 1. The van der Waals surface area contributed by atoms with Crippen LogP contribution in [-0.4, -0.2) is 71.6 Å². The van der Waals surface area contributed by atoms with E-state index in [4.69, 9.17) is 5.11 Å². The van der Waals surface area contributed by atoms with Crippen LogP contribution < -0.4 is 5.32 Å². The maximum absolute atomic E-state index is 12.7. The van der Waals surface area contributed by atoms with E-state index in [2.05, 4.69) is 17.1 Å². The van der Waals surface area contributed by atoms with Gasteiger partial charge in [0.1, 0.15) is 0 Å². The lowest BCUT2D eigenvalue weighted by Gasteiger charge is -2.33. The molecule has 152 valence electrons. The molecule has 0 aromatic heterocycles. The first-order chi connectivity index (χ1) is 11.9. The van der Waals surface area contributed by atoms with Crippen LogP contribution in [0.4, 0.5) is 0 Å². The molecular weight excluding hydrogens is 354 g/mol. The molecule has 26 heavy (non-hydrogen) atoms. The third-order valence-corrected chi connectivity index (χ3v) is 6.11. The van der Waals surface area contributed by atoms with Crippen molar-refractivity contribution in [1.29, 1.82) is 0 Å². The number of likely N-dealkylation sites (tertiary alicyclic amines) is 1. The molecule has 2 rings (SSSR count). The zero-order chi connectivity index (χ0) is 18.4. The van der Waals surface area contributed by atoms with Gasteiger partial charge in [-0.25, -0.2) is 0 Å². The zero-order valence-electron chi connectivity index (χ0n) is 16.4. The summed E-state index contributed by atoms with van der Waals surface area (Å²) < 4.78 is 0. The molecule has 1 saturated carbocycles. The van der Waals surface area contributed by atoms with Crippen LogP contribution in [0.3, 0.4) is 0 Å². The molecular formula is C19H36ClN3O3. The van der Waals surface area contributed by atoms with Gasteiger partial charge >= 0.3 is 5.97 Å². The first-order valence-electron chi connectivity index (χ1n) is 9.85. The van der Waals surface area contributed by atoms with Gasteiger partial charge in [0.2, 0.25) is 5.91 Å². The fourth-order valence-electron chi connectivity index (χ4n) is 4.27. The van der Waals surface area contributed by atoms with Gasteiger partial charge in [0, 0.05) is 18.6 Å². The Bertz CT molecular complexity index is 463. The summed E-state index contributed by atoms with van der Waals surface area (Å²) in [5.74, 6) is -0.0582. The first kappa shape index (κ1) is 23.2. The number of carbonyl (C=O) groups is 2. The Labute approximate surface area is 164 Å². The van der Waals surface area contributed by atoms with Crippen LogP contribution in [0.1, 0.15) is 58.8 Å². The molecule has 1 amide bonds. The number of amides is 1. The third kappa shape index (κ3) is 6.71. The van der Waals surface area contributed by atoms with Gasteiger partial charge in [-0.05, 0) is 58.5 Å². The highest BCUT2D eigenvalue weighted by Crippen LogP contribution is 2.24. The van der Waals surface area contributed by atoms with Crippen molar-refractivity contribution in [2.45, 2.75) is 76.9 Å². The Kier molecular flexibility index (Phi) is 9.90. The zero-order valence-corrected chi connectivity index (χ0v) is 17.3. The minimum absolute atomic E-state index is 0. The van der Waals surface area contributed by atoms with E-state index in [1.165, 1.54) is 19.3 Å². The fraction of sp³-hybridized carbons (Fsp3) is 0.895. The Morgan fingerprint density at radius 2 is 1.85 bits per heavy atom. The van der Waals surface area contributed by atoms with Gasteiger partial charge in [-0.1, -0.05) is 19.8 Å². The molecule has 0 bridgehead atoms. The first-order valence-corrected chi connectivity index (χ1v) is 9.85. The summed E-state index contributed by atoms with van der Waals surface area (Å²) >= 11 is 0. The summed E-state index contributed by atoms with van der Waals surface area (Å²) in [6.07, 6.45) is 7.72. The van der Waals surface area contributed by atoms with Crippen LogP contribution in [0.2, 0.25) is 0 Å². The molecule has 1 saturated heterocycles. The second-order valence-electron chi connectivity index (χ2n) is 7.98. The van der Waals surface area contributed by atoms with Crippen molar-refractivity contribution in [3.05, 3.63) is 0 Å². The van der Waals surface area contributed by atoms with E-state index in [1.807, 2.05) is 18.9 Å². The Morgan fingerprint density at radius 1 is 1.15 bits per heavy atom. The van der Waals surface area contributed by atoms with E-state index in [0.717, 1.165) is 38.8 Å². The second-order valence-corrected chi connectivity index (χ2v) is 7.98. The topological polar surface area (TPSA) is 72.9 Å². The highest BCUT2D eigenvalue weighted by atomic mass is 35.5. The maximum Gasteiger partial charge on any atom is 0.317 e. The van der Waals surface area contributed by atoms with Crippen molar-refractivity contribution < 1.29 is 14.7 Å². The van der Waals surface area contributed by atoms with Crippen LogP contribution in [0.25, 0.3) is 0 Å². The predicted molar refractivity (Wildman–Crippen MR) is 106 cm³/mol. The maximum atomic E-state index is 12.7. The highest BCUT2D eigenvalue weighted by Gasteiger charge is 2.29. The van der Waals surface area contributed by atoms with Gasteiger partial charge in [0.05, 0.1) is 12.6 Å². The summed E-state index contributed by atoms with van der Waals surface area (Å²) in [4.78, 5) is 27.8. The van der Waals surface area contributed by atoms with Crippen LogP contribution in [0.15, 0.2) is 0 Å². The number of nitrogens with one attached hydrogen (secondary N) is 1. The minimum atomic E-state index is -0.780. The van der Waals surface area contributed by atoms with Crippen molar-refractivity contribution in [2.75, 3.05) is 26.7 Å². The number of halogens is 1. The molecule has 1 aliphatic carbocycles. The van der Waals surface area contributed by atoms with Crippen molar-refractivity contribution in [3.63, 3.8) is 0 Å². The molecule has 4 atom stereocenters. The fourth-order valence-corrected chi connectivity index (χ4v) is 4.27. The molecule has 0 aromatic carbocycles. The number of carboxylic acid groups (broad SMARTS) is 1. The van der Waals surface area contributed by atoms with Gasteiger partial charge in [0.25, 0.3) is 0 Å². The van der Waals surface area contributed by atoms with E-state index >= 15 is 0 Å². The van der Waals surface area contributed by atoms with E-state index in [9.17, 15) is 9.59 Å². The number of carbonyl (C=O) groups excluding carboxylic acids is 1. The van der Waals surface area contributed by atoms with Gasteiger partial charge < -0.3 is 10.4 Å². The predicted octanol–water partition coefficient (Wildman–Crippen LogP) is 2.36. The molecule has 2 N–H and O–H groups in total. The number of carboxylic acids is 1. The Balaban J connectivity index is 0.00000338. The smallest absolute Gasteiger partial charge is 0.317 e. The van der Waals surface area contributed by atoms with Gasteiger partial charge in [-0.15, -0.1) is 12.4 Å². The summed E-state index contributed by atoms with van der Waals surface area (Å²) in [5, 5.41) is 12.2. The lowest BCUT2D eigenvalue weighted by atomic mass is 9.86. The number of nitrogens with zero attached hydrogens (tertiary/aromatic N) is 2. The summed E-state index contributed by atoms with van der Waals surface area (Å²) in [6.45, 7) is 6.09. The summed E-state index contributed by atoms with van der Waals surface area (Å²) in [6, 6.07) is 0.498. The average molecular weight is 390 g/mol. The van der Waals surface area contributed by atoms with Crippen molar-refractivity contribution >= 4 is 24.3 Å². The van der Waals surface area contributed by atoms with Crippen LogP contribution >= 0.6 is 12.4 Å². The largest absolute Gasteiger partial charge is 0.480 e. The second kappa shape index (κ2) is 11.1. The highest BCUT2D eigenvalue weighted by molar-refractivity contribution is 5.85. The molecule has 0 spiro atoms. The number of likely N-dealkylation sites (N-methyl/N-ethyl adjacent to an activating group) is 1. The van der Waals surface area contributed by atoms with E-state index < -0.39 is 5.97 Å². The van der Waals surface area contributed by atoms with Crippen LogP contribution in [-0.2, 0) is 9.59 Å². The molecule has 2 aliphatic rings. The van der Waals surface area contributed by atoms with Crippen molar-refractivity contribution in [2.24, 2.45) is 5.92 Å². The molecule has 0 radical (unpaired) electrons. The third-order valence-electron chi connectivity index (χ3n) is 6.11. The molecule has 1 heterocycles. The lowest BCUT2D eigenvalue weighted by Crippen LogP contribution is -2.50. The van der Waals surface area contributed by atoms with Crippen LogP contribution in [0, 0.1) is 5.92 Å². The van der Waals surface area contributed by atoms with Crippen molar-refractivity contribution in [1.82, 2.24) is 15.1 Å². The normalized spacial score (nSPS) is 28.7. The number of rotatable bonds is 6. The SMILES string of the molecule is CC1CCCCC1NC(=O)C(C)N1CCCC(N(C)CC(=O)O)CC1.Cl. The standard InChI is InChI=1S/C19H35N3O3.ClH/c1-14-7-4-5-9-17(14)20-19(25)15(2)22-11-6-8-16(10-12-22)21(3)13-18(23)24;/h14-17H,4-13H2,1-3H3,(H,20,25)(H,23,24);1H. The van der Waals surface area contributed by atoms with Crippen molar-refractivity contribution in [3.8, 4) is 0 Å². The van der Waals surface area contributed by atoms with Gasteiger partial charge in [-0.3, -0.25) is 19.4 Å². The molecule has 4 unspecified atom stereocenters. The average Bonchev–Trinajstić information content (AvgIpc) is 2.81. The molecule has 0 aromatic rings. The Morgan fingerprint density at radius 3 is 2.50 bits per heavy atom. The Hall–Kier alpha value is -0.850. The minimum Gasteiger partial charge on any atom is -0.480 e. The molecule has 2 fully saturated rings. The quantitative estimate of drug-likeness (QED) is 0.729. The monoisotopic (exact) mass is 389 g/mol. The molecule has 1 aliphatic heterocycles. The molecule has 6 nitrogen and oxygen atoms in total. The summed E-state index contributed by atoms with van der Waals surface area (Å²) in [5.41, 5.74) is 0. The van der Waals surface area contributed by atoms with E-state index in [0.29, 0.717) is 12.0 Å². The van der Waals surface area contributed by atoms with E-state index in [1.54, 1.807) is 0 Å². The van der Waals surface area contributed by atoms with E-state index in [-0.39, 0.29) is 36.9 Å². The molecule has 7 heteroatoms. The number of hydrogen-bond acceptors (Lipinski definition) is 4.